The molecule has 0 saturated heterocycles. The fourth-order valence-corrected chi connectivity index (χ4v) is 1.98. The maximum Gasteiger partial charge on any atom is 0.127 e. The van der Waals surface area contributed by atoms with Crippen molar-refractivity contribution in [3.05, 3.63) is 65.9 Å². The zero-order chi connectivity index (χ0) is 14.2. The van der Waals surface area contributed by atoms with E-state index in [1.807, 2.05) is 48.7 Å². The van der Waals surface area contributed by atoms with Crippen LogP contribution in [0.4, 0.5) is 0 Å². The van der Waals surface area contributed by atoms with E-state index in [9.17, 15) is 0 Å². The second kappa shape index (κ2) is 7.24. The molecule has 0 saturated carbocycles. The second-order valence-electron chi connectivity index (χ2n) is 4.27. The van der Waals surface area contributed by atoms with Gasteiger partial charge in [-0.05, 0) is 30.0 Å². The second-order valence-corrected chi connectivity index (χ2v) is 4.27. The Morgan fingerprint density at radius 1 is 0.900 bits per heavy atom. The summed E-state index contributed by atoms with van der Waals surface area (Å²) in [7, 11) is 3.33. The van der Waals surface area contributed by atoms with Crippen LogP contribution in [0.15, 0.2) is 54.7 Å². The third-order valence-electron chi connectivity index (χ3n) is 3.00. The highest BCUT2D eigenvalue weighted by molar-refractivity contribution is 5.49. The number of methoxy groups -OCH3 is 2. The maximum absolute atomic E-state index is 5.36. The lowest BCUT2D eigenvalue weighted by Crippen LogP contribution is -2.07. The van der Waals surface area contributed by atoms with E-state index in [0.29, 0.717) is 6.54 Å². The average Bonchev–Trinajstić information content (AvgIpc) is 2.52. The lowest BCUT2D eigenvalue weighted by Gasteiger charge is -2.12. The highest BCUT2D eigenvalue weighted by Gasteiger charge is 2.08. The molecule has 0 heterocycles. The van der Waals surface area contributed by atoms with Crippen LogP contribution in [-0.2, 0) is 6.54 Å². The van der Waals surface area contributed by atoms with Crippen LogP contribution in [0.2, 0.25) is 0 Å². The van der Waals surface area contributed by atoms with E-state index in [-0.39, 0.29) is 0 Å². The number of hydrogen-bond acceptors (Lipinski definition) is 3. The molecule has 0 aliphatic rings. The molecule has 20 heavy (non-hydrogen) atoms. The minimum Gasteiger partial charge on any atom is -0.496 e. The van der Waals surface area contributed by atoms with Crippen LogP contribution in [-0.4, -0.2) is 14.2 Å². The minimum atomic E-state index is 0.649. The molecule has 0 aliphatic carbocycles. The SMILES string of the molecule is COc1cccc(OC)c1CNC=Cc1ccccc1. The lowest BCUT2D eigenvalue weighted by molar-refractivity contribution is 0.384. The molecule has 3 heteroatoms. The van der Waals surface area contributed by atoms with Gasteiger partial charge in [-0.25, -0.2) is 0 Å². The molecule has 0 fully saturated rings. The fourth-order valence-electron chi connectivity index (χ4n) is 1.98. The molecular formula is C17H19NO2. The van der Waals surface area contributed by atoms with Crippen molar-refractivity contribution in [2.45, 2.75) is 6.54 Å². The summed E-state index contributed by atoms with van der Waals surface area (Å²) in [6.07, 6.45) is 3.96. The van der Waals surface area contributed by atoms with Gasteiger partial charge in [-0.15, -0.1) is 0 Å². The van der Waals surface area contributed by atoms with E-state index in [1.165, 1.54) is 0 Å². The Labute approximate surface area is 119 Å². The Morgan fingerprint density at radius 2 is 1.55 bits per heavy atom. The molecular weight excluding hydrogens is 250 g/mol. The van der Waals surface area contributed by atoms with Crippen molar-refractivity contribution in [2.75, 3.05) is 14.2 Å². The van der Waals surface area contributed by atoms with Gasteiger partial charge in [0.2, 0.25) is 0 Å². The van der Waals surface area contributed by atoms with Crippen LogP contribution in [0.25, 0.3) is 6.08 Å². The van der Waals surface area contributed by atoms with Crippen LogP contribution >= 0.6 is 0 Å². The minimum absolute atomic E-state index is 0.649. The number of rotatable bonds is 6. The van der Waals surface area contributed by atoms with Gasteiger partial charge in [0.1, 0.15) is 11.5 Å². The van der Waals surface area contributed by atoms with Crippen molar-refractivity contribution >= 4 is 6.08 Å². The Kier molecular flexibility index (Phi) is 5.07. The van der Waals surface area contributed by atoms with E-state index < -0.39 is 0 Å². The summed E-state index contributed by atoms with van der Waals surface area (Å²) in [6.45, 7) is 0.649. The molecule has 2 rings (SSSR count). The van der Waals surface area contributed by atoms with E-state index in [2.05, 4.69) is 17.4 Å². The molecule has 1 N–H and O–H groups in total. The van der Waals surface area contributed by atoms with Gasteiger partial charge in [0.15, 0.2) is 0 Å². The molecule has 0 bridgehead atoms. The lowest BCUT2D eigenvalue weighted by atomic mass is 10.1. The van der Waals surface area contributed by atoms with Crippen molar-refractivity contribution in [3.63, 3.8) is 0 Å². The van der Waals surface area contributed by atoms with Crippen LogP contribution in [0.3, 0.4) is 0 Å². The smallest absolute Gasteiger partial charge is 0.127 e. The zero-order valence-electron chi connectivity index (χ0n) is 11.8. The molecule has 0 atom stereocenters. The van der Waals surface area contributed by atoms with Crippen molar-refractivity contribution < 1.29 is 9.47 Å². The summed E-state index contributed by atoms with van der Waals surface area (Å²) < 4.78 is 10.7. The molecule has 0 aliphatic heterocycles. The summed E-state index contributed by atoms with van der Waals surface area (Å²) in [4.78, 5) is 0. The van der Waals surface area contributed by atoms with E-state index in [0.717, 1.165) is 22.6 Å². The summed E-state index contributed by atoms with van der Waals surface area (Å²) in [5.74, 6) is 1.65. The van der Waals surface area contributed by atoms with Crippen LogP contribution in [0, 0.1) is 0 Å². The van der Waals surface area contributed by atoms with Gasteiger partial charge in [-0.2, -0.15) is 0 Å². The molecule has 0 radical (unpaired) electrons. The first-order chi connectivity index (χ1) is 9.85. The molecule has 0 aromatic heterocycles. The van der Waals surface area contributed by atoms with Crippen molar-refractivity contribution in [1.29, 1.82) is 0 Å². The average molecular weight is 269 g/mol. The van der Waals surface area contributed by atoms with Gasteiger partial charge in [0.25, 0.3) is 0 Å². The number of nitrogens with one attached hydrogen (secondary N) is 1. The van der Waals surface area contributed by atoms with Crippen LogP contribution in [0.5, 0.6) is 11.5 Å². The van der Waals surface area contributed by atoms with Gasteiger partial charge >= 0.3 is 0 Å². The predicted octanol–water partition coefficient (Wildman–Crippen LogP) is 3.46. The maximum atomic E-state index is 5.36. The van der Waals surface area contributed by atoms with Gasteiger partial charge in [-0.1, -0.05) is 36.4 Å². The number of benzene rings is 2. The van der Waals surface area contributed by atoms with Gasteiger partial charge in [0, 0.05) is 6.54 Å². The molecule has 3 nitrogen and oxygen atoms in total. The molecule has 0 amide bonds. The Hall–Kier alpha value is -2.42. The topological polar surface area (TPSA) is 30.5 Å². The highest BCUT2D eigenvalue weighted by atomic mass is 16.5. The first-order valence-electron chi connectivity index (χ1n) is 6.50. The van der Waals surface area contributed by atoms with Crippen molar-refractivity contribution in [2.24, 2.45) is 0 Å². The first kappa shape index (κ1) is 14.0. The summed E-state index contributed by atoms with van der Waals surface area (Å²) in [6, 6.07) is 15.9. The van der Waals surface area contributed by atoms with Gasteiger partial charge < -0.3 is 14.8 Å². The highest BCUT2D eigenvalue weighted by Crippen LogP contribution is 2.27. The van der Waals surface area contributed by atoms with Crippen molar-refractivity contribution in [1.82, 2.24) is 5.32 Å². The summed E-state index contributed by atoms with van der Waals surface area (Å²) in [5.41, 5.74) is 2.17. The van der Waals surface area contributed by atoms with E-state index in [4.69, 9.17) is 9.47 Å². The molecule has 0 unspecified atom stereocenters. The number of hydrogen-bond donors (Lipinski definition) is 1. The molecule has 2 aromatic carbocycles. The summed E-state index contributed by atoms with van der Waals surface area (Å²) in [5, 5.41) is 3.26. The quantitative estimate of drug-likeness (QED) is 0.871. The Balaban J connectivity index is 2.02. The zero-order valence-corrected chi connectivity index (χ0v) is 11.8. The number of ether oxygens (including phenoxy) is 2. The van der Waals surface area contributed by atoms with Gasteiger partial charge in [0.05, 0.1) is 19.8 Å². The molecule has 104 valence electrons. The largest absolute Gasteiger partial charge is 0.496 e. The standard InChI is InChI=1S/C17H19NO2/c1-19-16-9-6-10-17(20-2)15(16)13-18-12-11-14-7-4-3-5-8-14/h3-12,18H,13H2,1-2H3. The molecule has 2 aromatic rings. The van der Waals surface area contributed by atoms with E-state index >= 15 is 0 Å². The third kappa shape index (κ3) is 3.54. The summed E-state index contributed by atoms with van der Waals surface area (Å²) >= 11 is 0. The predicted molar refractivity (Wildman–Crippen MR) is 81.9 cm³/mol. The van der Waals surface area contributed by atoms with E-state index in [1.54, 1.807) is 14.2 Å². The van der Waals surface area contributed by atoms with Crippen molar-refractivity contribution in [3.8, 4) is 11.5 Å². The fraction of sp³-hybridized carbons (Fsp3) is 0.176. The monoisotopic (exact) mass is 269 g/mol. The third-order valence-corrected chi connectivity index (χ3v) is 3.00. The normalized spacial score (nSPS) is 10.5. The van der Waals surface area contributed by atoms with Crippen LogP contribution < -0.4 is 14.8 Å². The van der Waals surface area contributed by atoms with Crippen LogP contribution in [0.1, 0.15) is 11.1 Å². The van der Waals surface area contributed by atoms with Gasteiger partial charge in [-0.3, -0.25) is 0 Å². The Bertz CT molecular complexity index is 542. The Morgan fingerprint density at radius 3 is 2.15 bits per heavy atom. The molecule has 0 spiro atoms. The first-order valence-corrected chi connectivity index (χ1v) is 6.50.